The predicted molar refractivity (Wildman–Crippen MR) is 104 cm³/mol. The third-order valence-electron chi connectivity index (χ3n) is 6.46. The van der Waals surface area contributed by atoms with Crippen LogP contribution >= 0.6 is 0 Å². The van der Waals surface area contributed by atoms with Crippen molar-refractivity contribution in [1.82, 2.24) is 29.3 Å². The summed E-state index contributed by atoms with van der Waals surface area (Å²) < 4.78 is 1.98. The fraction of sp³-hybridized carbons (Fsp3) is 0.700. The molecule has 6 nitrogen and oxygen atoms in total. The summed E-state index contributed by atoms with van der Waals surface area (Å²) in [5.41, 5.74) is 4.83. The number of piperidine rings is 1. The molecule has 2 aliphatic heterocycles. The molecule has 0 radical (unpaired) electrons. The summed E-state index contributed by atoms with van der Waals surface area (Å²) in [5.74, 6) is 0. The molecule has 0 bridgehead atoms. The summed E-state index contributed by atoms with van der Waals surface area (Å²) in [7, 11) is 4.58. The van der Waals surface area contributed by atoms with Gasteiger partial charge in [-0.1, -0.05) is 0 Å². The smallest absolute Gasteiger partial charge is 0.159 e. The molecule has 0 saturated carbocycles. The number of rotatable bonds is 2. The summed E-state index contributed by atoms with van der Waals surface area (Å²) in [4.78, 5) is 12.5. The van der Waals surface area contributed by atoms with E-state index in [9.17, 15) is 0 Å². The molecule has 6 heteroatoms. The van der Waals surface area contributed by atoms with Gasteiger partial charge in [0, 0.05) is 35.6 Å². The van der Waals surface area contributed by atoms with Crippen molar-refractivity contribution in [2.24, 2.45) is 0 Å². The maximum atomic E-state index is 4.77. The SMILES string of the molecule is Cc1cc(C)n2ncc(CN3CCCN(C)C4(CCN(C)CC4)C3)c2n1. The Hall–Kier alpha value is -1.50. The Morgan fingerprint density at radius 2 is 1.85 bits per heavy atom. The van der Waals surface area contributed by atoms with Crippen LogP contribution < -0.4 is 0 Å². The molecule has 2 aromatic rings. The second-order valence-electron chi connectivity index (χ2n) is 8.46. The standard InChI is InChI=1S/C20H32N6/c1-16-12-17(2)26-19(22-16)18(13-21-26)14-25-9-5-8-24(4)20(15-25)6-10-23(3)11-7-20/h12-13H,5-11,14-15H2,1-4H3. The molecular weight excluding hydrogens is 324 g/mol. The van der Waals surface area contributed by atoms with Crippen LogP contribution in [0.4, 0.5) is 0 Å². The van der Waals surface area contributed by atoms with Gasteiger partial charge in [-0.2, -0.15) is 5.10 Å². The molecule has 142 valence electrons. The molecule has 1 spiro atoms. The van der Waals surface area contributed by atoms with Crippen LogP contribution in [0.5, 0.6) is 0 Å². The third kappa shape index (κ3) is 3.26. The van der Waals surface area contributed by atoms with E-state index in [0.717, 1.165) is 36.7 Å². The van der Waals surface area contributed by atoms with Crippen LogP contribution in [0.3, 0.4) is 0 Å². The first-order valence-electron chi connectivity index (χ1n) is 9.90. The maximum absolute atomic E-state index is 4.77. The van der Waals surface area contributed by atoms with Gasteiger partial charge in [0.2, 0.25) is 0 Å². The summed E-state index contributed by atoms with van der Waals surface area (Å²) in [6, 6.07) is 2.10. The van der Waals surface area contributed by atoms with E-state index in [0.29, 0.717) is 5.54 Å². The Morgan fingerprint density at radius 3 is 2.62 bits per heavy atom. The number of fused-ring (bicyclic) bond motifs is 1. The number of hydrogen-bond donors (Lipinski definition) is 0. The van der Waals surface area contributed by atoms with Crippen molar-refractivity contribution in [2.45, 2.75) is 45.2 Å². The highest BCUT2D eigenvalue weighted by molar-refractivity contribution is 5.47. The minimum Gasteiger partial charge on any atom is -0.306 e. The summed E-state index contributed by atoms with van der Waals surface area (Å²) >= 11 is 0. The number of aromatic nitrogens is 3. The van der Waals surface area contributed by atoms with E-state index < -0.39 is 0 Å². The van der Waals surface area contributed by atoms with Gasteiger partial charge in [0.15, 0.2) is 5.65 Å². The molecule has 2 aliphatic rings. The minimum absolute atomic E-state index is 0.325. The van der Waals surface area contributed by atoms with E-state index in [2.05, 4.69) is 53.8 Å². The van der Waals surface area contributed by atoms with Crippen molar-refractivity contribution in [3.05, 3.63) is 29.2 Å². The quantitative estimate of drug-likeness (QED) is 0.822. The monoisotopic (exact) mass is 356 g/mol. The number of likely N-dealkylation sites (N-methyl/N-ethyl adjacent to an activating group) is 1. The first kappa shape index (κ1) is 17.9. The van der Waals surface area contributed by atoms with Gasteiger partial charge in [0.05, 0.1) is 6.20 Å². The number of likely N-dealkylation sites (tertiary alicyclic amines) is 1. The topological polar surface area (TPSA) is 39.9 Å². The van der Waals surface area contributed by atoms with Crippen LogP contribution in [-0.2, 0) is 6.54 Å². The third-order valence-corrected chi connectivity index (χ3v) is 6.46. The zero-order valence-corrected chi connectivity index (χ0v) is 16.7. The lowest BCUT2D eigenvalue weighted by Crippen LogP contribution is -2.57. The fourth-order valence-corrected chi connectivity index (χ4v) is 4.76. The predicted octanol–water partition coefficient (Wildman–Crippen LogP) is 1.95. The zero-order chi connectivity index (χ0) is 18.3. The summed E-state index contributed by atoms with van der Waals surface area (Å²) in [6.07, 6.45) is 5.78. The fourth-order valence-electron chi connectivity index (χ4n) is 4.76. The number of aryl methyl sites for hydroxylation is 2. The Balaban J connectivity index is 1.58. The van der Waals surface area contributed by atoms with E-state index in [1.807, 2.05) is 10.7 Å². The lowest BCUT2D eigenvalue weighted by Gasteiger charge is -2.47. The molecule has 0 atom stereocenters. The highest BCUT2D eigenvalue weighted by Crippen LogP contribution is 2.31. The van der Waals surface area contributed by atoms with Crippen molar-refractivity contribution in [1.29, 1.82) is 0 Å². The van der Waals surface area contributed by atoms with Gasteiger partial charge in [-0.05, 0) is 79.5 Å². The summed E-state index contributed by atoms with van der Waals surface area (Å²) in [5, 5.41) is 4.59. The van der Waals surface area contributed by atoms with E-state index in [4.69, 9.17) is 4.98 Å². The van der Waals surface area contributed by atoms with Gasteiger partial charge in [0.25, 0.3) is 0 Å². The minimum atomic E-state index is 0.325. The number of hydrogen-bond acceptors (Lipinski definition) is 5. The van der Waals surface area contributed by atoms with Gasteiger partial charge in [-0.3, -0.25) is 9.80 Å². The second-order valence-corrected chi connectivity index (χ2v) is 8.46. The Morgan fingerprint density at radius 1 is 1.08 bits per heavy atom. The van der Waals surface area contributed by atoms with Gasteiger partial charge in [-0.15, -0.1) is 0 Å². The largest absolute Gasteiger partial charge is 0.306 e. The molecule has 2 fully saturated rings. The zero-order valence-electron chi connectivity index (χ0n) is 16.7. The Bertz CT molecular complexity index is 774. The van der Waals surface area contributed by atoms with Crippen LogP contribution in [0, 0.1) is 13.8 Å². The molecule has 2 aromatic heterocycles. The first-order chi connectivity index (χ1) is 12.5. The van der Waals surface area contributed by atoms with Crippen molar-refractivity contribution >= 4 is 5.65 Å². The van der Waals surface area contributed by atoms with Crippen LogP contribution in [0.25, 0.3) is 5.65 Å². The van der Waals surface area contributed by atoms with E-state index in [1.165, 1.54) is 44.5 Å². The van der Waals surface area contributed by atoms with Crippen LogP contribution in [0.15, 0.2) is 12.3 Å². The van der Waals surface area contributed by atoms with E-state index in [1.54, 1.807) is 0 Å². The molecule has 4 rings (SSSR count). The maximum Gasteiger partial charge on any atom is 0.159 e. The Labute approximate surface area is 156 Å². The molecule has 0 aliphatic carbocycles. The molecule has 4 heterocycles. The van der Waals surface area contributed by atoms with Crippen LogP contribution in [0.1, 0.15) is 36.2 Å². The normalized spacial score (nSPS) is 22.9. The molecule has 26 heavy (non-hydrogen) atoms. The van der Waals surface area contributed by atoms with Crippen molar-refractivity contribution in [3.63, 3.8) is 0 Å². The van der Waals surface area contributed by atoms with Gasteiger partial charge in [0.1, 0.15) is 0 Å². The average molecular weight is 357 g/mol. The molecule has 0 amide bonds. The van der Waals surface area contributed by atoms with Gasteiger partial charge in [-0.25, -0.2) is 9.50 Å². The molecule has 0 aromatic carbocycles. The highest BCUT2D eigenvalue weighted by Gasteiger charge is 2.40. The number of nitrogens with zero attached hydrogens (tertiary/aromatic N) is 6. The Kier molecular flexibility index (Phi) is 4.75. The average Bonchev–Trinajstić information content (AvgIpc) is 2.92. The lowest BCUT2D eigenvalue weighted by molar-refractivity contribution is 0.0337. The van der Waals surface area contributed by atoms with E-state index >= 15 is 0 Å². The van der Waals surface area contributed by atoms with E-state index in [-0.39, 0.29) is 0 Å². The molecular formula is C20H32N6. The van der Waals surface area contributed by atoms with Crippen LogP contribution in [0.2, 0.25) is 0 Å². The second kappa shape index (κ2) is 6.91. The highest BCUT2D eigenvalue weighted by atomic mass is 15.3. The molecule has 0 N–H and O–H groups in total. The molecule has 0 unspecified atom stereocenters. The van der Waals surface area contributed by atoms with Crippen LogP contribution in [-0.4, -0.2) is 81.7 Å². The van der Waals surface area contributed by atoms with Crippen molar-refractivity contribution in [2.75, 3.05) is 46.8 Å². The first-order valence-corrected chi connectivity index (χ1v) is 9.90. The lowest BCUT2D eigenvalue weighted by atomic mass is 9.85. The summed E-state index contributed by atoms with van der Waals surface area (Å²) in [6.45, 7) is 11.0. The van der Waals surface area contributed by atoms with Gasteiger partial charge >= 0.3 is 0 Å². The van der Waals surface area contributed by atoms with Crippen molar-refractivity contribution in [3.8, 4) is 0 Å². The van der Waals surface area contributed by atoms with Gasteiger partial charge < -0.3 is 4.90 Å². The van der Waals surface area contributed by atoms with Crippen molar-refractivity contribution < 1.29 is 0 Å². The molecule has 2 saturated heterocycles.